The normalized spacial score (nSPS) is 10.4. The third-order valence-corrected chi connectivity index (χ3v) is 3.12. The molecule has 0 spiro atoms. The number of benzene rings is 1. The van der Waals surface area contributed by atoms with Gasteiger partial charge >= 0.3 is 5.97 Å². The van der Waals surface area contributed by atoms with Gasteiger partial charge in [-0.15, -0.1) is 11.3 Å². The van der Waals surface area contributed by atoms with Gasteiger partial charge in [-0.1, -0.05) is 0 Å². The molecule has 0 aliphatic heterocycles. The number of aryl methyl sites for hydroxylation is 1. The van der Waals surface area contributed by atoms with Crippen LogP contribution in [0.15, 0.2) is 23.6 Å². The van der Waals surface area contributed by atoms with Crippen molar-refractivity contribution in [3.8, 4) is 5.75 Å². The molecule has 0 atom stereocenters. The minimum Gasteiger partial charge on any atom is -0.426 e. The predicted octanol–water partition coefficient (Wildman–Crippen LogP) is 3.14. The zero-order chi connectivity index (χ0) is 10.1. The van der Waals surface area contributed by atoms with Gasteiger partial charge in [0.15, 0.2) is 0 Å². The van der Waals surface area contributed by atoms with Gasteiger partial charge in [-0.2, -0.15) is 0 Å². The molecule has 1 aromatic heterocycles. The number of thiophene rings is 1. The molecule has 0 N–H and O–H groups in total. The molecule has 0 radical (unpaired) electrons. The van der Waals surface area contributed by atoms with Crippen LogP contribution < -0.4 is 4.74 Å². The van der Waals surface area contributed by atoms with E-state index in [1.165, 1.54) is 17.0 Å². The van der Waals surface area contributed by atoms with Crippen LogP contribution >= 0.6 is 11.3 Å². The summed E-state index contributed by atoms with van der Waals surface area (Å²) in [6.45, 7) is 3.38. The topological polar surface area (TPSA) is 26.3 Å². The van der Waals surface area contributed by atoms with Crippen LogP contribution in [0.3, 0.4) is 0 Å². The molecule has 0 amide bonds. The first-order valence-corrected chi connectivity index (χ1v) is 5.21. The van der Waals surface area contributed by atoms with Gasteiger partial charge in [0, 0.05) is 17.2 Å². The Morgan fingerprint density at radius 3 is 2.86 bits per heavy atom. The van der Waals surface area contributed by atoms with Crippen molar-refractivity contribution < 1.29 is 9.53 Å². The van der Waals surface area contributed by atoms with Crippen LogP contribution in [-0.4, -0.2) is 5.97 Å². The Hall–Kier alpha value is -1.35. The second kappa shape index (κ2) is 3.42. The number of ether oxygens (including phenoxy) is 1. The first-order chi connectivity index (χ1) is 6.68. The Bertz CT molecular complexity index is 485. The second-order valence-electron chi connectivity index (χ2n) is 3.12. The maximum Gasteiger partial charge on any atom is 0.308 e. The van der Waals surface area contributed by atoms with Gasteiger partial charge in [0.2, 0.25) is 0 Å². The fraction of sp³-hybridized carbons (Fsp3) is 0.182. The van der Waals surface area contributed by atoms with Gasteiger partial charge in [0.25, 0.3) is 0 Å². The van der Waals surface area contributed by atoms with Gasteiger partial charge in [0.1, 0.15) is 5.75 Å². The van der Waals surface area contributed by atoms with E-state index in [1.54, 1.807) is 11.3 Å². The molecule has 0 saturated heterocycles. The third kappa shape index (κ3) is 1.51. The Morgan fingerprint density at radius 2 is 2.14 bits per heavy atom. The summed E-state index contributed by atoms with van der Waals surface area (Å²) >= 11 is 1.66. The van der Waals surface area contributed by atoms with Crippen LogP contribution in [0, 0.1) is 6.92 Å². The lowest BCUT2D eigenvalue weighted by molar-refractivity contribution is -0.131. The molecular formula is C11H10O2S. The zero-order valence-electron chi connectivity index (χ0n) is 8.03. The molecular weight excluding hydrogens is 196 g/mol. The number of hydrogen-bond acceptors (Lipinski definition) is 3. The van der Waals surface area contributed by atoms with Gasteiger partial charge in [-0.3, -0.25) is 4.79 Å². The van der Waals surface area contributed by atoms with Gasteiger partial charge < -0.3 is 4.74 Å². The van der Waals surface area contributed by atoms with E-state index in [4.69, 9.17) is 4.74 Å². The van der Waals surface area contributed by atoms with Crippen LogP contribution in [0.5, 0.6) is 5.75 Å². The molecule has 72 valence electrons. The average molecular weight is 206 g/mol. The third-order valence-electron chi connectivity index (χ3n) is 2.07. The summed E-state index contributed by atoms with van der Waals surface area (Å²) in [7, 11) is 0. The highest BCUT2D eigenvalue weighted by atomic mass is 32.1. The lowest BCUT2D eigenvalue weighted by Crippen LogP contribution is -2.02. The fourth-order valence-electron chi connectivity index (χ4n) is 1.42. The van der Waals surface area contributed by atoms with Gasteiger partial charge in [-0.05, 0) is 35.9 Å². The number of hydrogen-bond donors (Lipinski definition) is 0. The van der Waals surface area contributed by atoms with Crippen LogP contribution in [-0.2, 0) is 4.79 Å². The van der Waals surface area contributed by atoms with Crippen molar-refractivity contribution in [1.29, 1.82) is 0 Å². The second-order valence-corrected chi connectivity index (χ2v) is 4.04. The maximum atomic E-state index is 10.8. The summed E-state index contributed by atoms with van der Waals surface area (Å²) in [5, 5.41) is 3.23. The minimum atomic E-state index is -0.274. The summed E-state index contributed by atoms with van der Waals surface area (Å²) in [5.74, 6) is 0.386. The molecule has 1 aromatic carbocycles. The van der Waals surface area contributed by atoms with E-state index >= 15 is 0 Å². The van der Waals surface area contributed by atoms with Gasteiger partial charge in [0.05, 0.1) is 0 Å². The SMILES string of the molecule is CC(=O)Oc1ccc2ccsc2c1C. The summed E-state index contributed by atoms with van der Waals surface area (Å²) in [6, 6.07) is 5.87. The van der Waals surface area contributed by atoms with E-state index in [-0.39, 0.29) is 5.97 Å². The molecule has 0 aliphatic carbocycles. The number of fused-ring (bicyclic) bond motifs is 1. The molecule has 2 aromatic rings. The molecule has 2 nitrogen and oxygen atoms in total. The molecule has 14 heavy (non-hydrogen) atoms. The van der Waals surface area contributed by atoms with Crippen molar-refractivity contribution in [2.24, 2.45) is 0 Å². The smallest absolute Gasteiger partial charge is 0.308 e. The number of rotatable bonds is 1. The maximum absolute atomic E-state index is 10.8. The molecule has 0 saturated carbocycles. The van der Waals surface area contributed by atoms with Gasteiger partial charge in [-0.25, -0.2) is 0 Å². The highest BCUT2D eigenvalue weighted by Crippen LogP contribution is 2.31. The van der Waals surface area contributed by atoms with E-state index in [2.05, 4.69) is 6.07 Å². The Kier molecular flexibility index (Phi) is 2.25. The lowest BCUT2D eigenvalue weighted by Gasteiger charge is -2.05. The monoisotopic (exact) mass is 206 g/mol. The molecule has 3 heteroatoms. The number of esters is 1. The van der Waals surface area contributed by atoms with Crippen LogP contribution in [0.25, 0.3) is 10.1 Å². The first-order valence-electron chi connectivity index (χ1n) is 4.33. The Balaban J connectivity index is 2.56. The summed E-state index contributed by atoms with van der Waals surface area (Å²) in [6.07, 6.45) is 0. The fourth-order valence-corrected chi connectivity index (χ4v) is 2.32. The van der Waals surface area contributed by atoms with Crippen molar-refractivity contribution in [3.05, 3.63) is 29.1 Å². The average Bonchev–Trinajstić information content (AvgIpc) is 2.57. The lowest BCUT2D eigenvalue weighted by atomic mass is 10.2. The van der Waals surface area contributed by atoms with Crippen LogP contribution in [0.4, 0.5) is 0 Å². The molecule has 0 bridgehead atoms. The molecule has 1 heterocycles. The van der Waals surface area contributed by atoms with Crippen LogP contribution in [0.1, 0.15) is 12.5 Å². The quantitative estimate of drug-likeness (QED) is 0.529. The van der Waals surface area contributed by atoms with Crippen molar-refractivity contribution >= 4 is 27.4 Å². The van der Waals surface area contributed by atoms with E-state index in [9.17, 15) is 4.79 Å². The summed E-state index contributed by atoms with van der Waals surface area (Å²) < 4.78 is 6.27. The molecule has 0 aliphatic rings. The summed E-state index contributed by atoms with van der Waals surface area (Å²) in [5.41, 5.74) is 1.03. The van der Waals surface area contributed by atoms with Crippen molar-refractivity contribution in [1.82, 2.24) is 0 Å². The molecule has 2 rings (SSSR count). The minimum absolute atomic E-state index is 0.274. The predicted molar refractivity (Wildman–Crippen MR) is 57.9 cm³/mol. The number of carbonyl (C=O) groups is 1. The molecule has 0 unspecified atom stereocenters. The van der Waals surface area contributed by atoms with Crippen LogP contribution in [0.2, 0.25) is 0 Å². The van der Waals surface area contributed by atoms with Crippen molar-refractivity contribution in [3.63, 3.8) is 0 Å². The van der Waals surface area contributed by atoms with E-state index in [0.29, 0.717) is 5.75 Å². The van der Waals surface area contributed by atoms with E-state index in [1.807, 2.05) is 24.4 Å². The number of carbonyl (C=O) groups excluding carboxylic acids is 1. The van der Waals surface area contributed by atoms with Crippen molar-refractivity contribution in [2.75, 3.05) is 0 Å². The standard InChI is InChI=1S/C11H10O2S/c1-7-10(13-8(2)12)4-3-9-5-6-14-11(7)9/h3-6H,1-2H3. The largest absolute Gasteiger partial charge is 0.426 e. The first kappa shape index (κ1) is 9.21. The van der Waals surface area contributed by atoms with E-state index < -0.39 is 0 Å². The van der Waals surface area contributed by atoms with E-state index in [0.717, 1.165) is 5.56 Å². The molecule has 0 fully saturated rings. The Morgan fingerprint density at radius 1 is 1.36 bits per heavy atom. The Labute approximate surface area is 86.1 Å². The summed E-state index contributed by atoms with van der Waals surface area (Å²) in [4.78, 5) is 10.8. The zero-order valence-corrected chi connectivity index (χ0v) is 8.85. The van der Waals surface area contributed by atoms with Crippen molar-refractivity contribution in [2.45, 2.75) is 13.8 Å². The highest BCUT2D eigenvalue weighted by Gasteiger charge is 2.06. The highest BCUT2D eigenvalue weighted by molar-refractivity contribution is 7.17.